The molecule has 192 valence electrons. The normalized spacial score (nSPS) is 12.1. The first-order valence-electron chi connectivity index (χ1n) is 11.7. The van der Waals surface area contributed by atoms with Gasteiger partial charge in [0, 0.05) is 31.0 Å². The zero-order chi connectivity index (χ0) is 26.6. The molecule has 3 rings (SSSR count). The van der Waals surface area contributed by atoms with Gasteiger partial charge in [0.25, 0.3) is 0 Å². The van der Waals surface area contributed by atoms with E-state index in [0.717, 1.165) is 0 Å². The number of rotatable bonds is 10. The first-order chi connectivity index (χ1) is 17.0. The average Bonchev–Trinajstić information content (AvgIpc) is 2.81. The lowest BCUT2D eigenvalue weighted by molar-refractivity contribution is -0.119. The molecule has 1 atom stereocenters. The molecule has 0 fully saturated rings. The predicted molar refractivity (Wildman–Crippen MR) is 134 cm³/mol. The van der Waals surface area contributed by atoms with Crippen molar-refractivity contribution in [2.75, 3.05) is 19.8 Å². The number of fused-ring (bicyclic) bond motifs is 1. The Morgan fingerprint density at radius 1 is 1.19 bits per heavy atom. The Bertz CT molecular complexity index is 1350. The summed E-state index contributed by atoms with van der Waals surface area (Å²) in [6.45, 7) is 6.89. The largest absolute Gasteiger partial charge is 0.491 e. The van der Waals surface area contributed by atoms with E-state index >= 15 is 0 Å². The van der Waals surface area contributed by atoms with Gasteiger partial charge in [-0.05, 0) is 35.6 Å². The Kier molecular flexibility index (Phi) is 8.47. The third kappa shape index (κ3) is 5.73. The molecule has 0 aliphatic heterocycles. The molecule has 1 amide bonds. The number of pyridine rings is 1. The van der Waals surface area contributed by atoms with Crippen molar-refractivity contribution >= 4 is 22.8 Å². The second kappa shape index (κ2) is 11.3. The highest BCUT2D eigenvalue weighted by molar-refractivity contribution is 5.93. The number of halogens is 1. The smallest absolute Gasteiger partial charge is 0.341 e. The summed E-state index contributed by atoms with van der Waals surface area (Å²) in [5.74, 6) is -1.67. The Morgan fingerprint density at radius 3 is 2.53 bits per heavy atom. The fourth-order valence-electron chi connectivity index (χ4n) is 4.18. The maximum absolute atomic E-state index is 14.8. The van der Waals surface area contributed by atoms with E-state index in [4.69, 9.17) is 4.74 Å². The van der Waals surface area contributed by atoms with E-state index in [1.165, 1.54) is 19.2 Å². The Hall–Kier alpha value is -3.72. The summed E-state index contributed by atoms with van der Waals surface area (Å²) >= 11 is 0. The van der Waals surface area contributed by atoms with Crippen molar-refractivity contribution < 1.29 is 28.9 Å². The van der Waals surface area contributed by atoms with Gasteiger partial charge in [0.2, 0.25) is 11.3 Å². The fourth-order valence-corrected chi connectivity index (χ4v) is 4.18. The SMILES string of the molecule is CC(=O)NCCOc1cc2c(cc1Cc1cccc(C)c1F)c(=O)c(C(=O)O)cn2[C@H](CO)C(C)C. The molecule has 1 heterocycles. The number of carboxylic acid groups (broad SMARTS) is 1. The average molecular weight is 499 g/mol. The summed E-state index contributed by atoms with van der Waals surface area (Å²) in [4.78, 5) is 36.3. The molecule has 0 radical (unpaired) electrons. The topological polar surface area (TPSA) is 118 Å². The predicted octanol–water partition coefficient (Wildman–Crippen LogP) is 3.44. The number of benzene rings is 2. The van der Waals surface area contributed by atoms with Crippen LogP contribution in [0.3, 0.4) is 0 Å². The van der Waals surface area contributed by atoms with Crippen LogP contribution in [0.25, 0.3) is 10.9 Å². The van der Waals surface area contributed by atoms with Crippen molar-refractivity contribution in [3.05, 3.63) is 74.8 Å². The summed E-state index contributed by atoms with van der Waals surface area (Å²) in [5.41, 5.74) is 0.649. The lowest BCUT2D eigenvalue weighted by Gasteiger charge is -2.25. The van der Waals surface area contributed by atoms with Gasteiger partial charge in [-0.2, -0.15) is 0 Å². The first kappa shape index (κ1) is 26.9. The van der Waals surface area contributed by atoms with Crippen molar-refractivity contribution in [2.45, 2.75) is 40.2 Å². The highest BCUT2D eigenvalue weighted by atomic mass is 19.1. The Morgan fingerprint density at radius 2 is 1.92 bits per heavy atom. The molecule has 3 aromatic rings. The molecule has 2 aromatic carbocycles. The molecule has 9 heteroatoms. The van der Waals surface area contributed by atoms with Crippen LogP contribution in [-0.4, -0.2) is 46.4 Å². The standard InChI is InChI=1S/C27H31FN2O6/c1-15(2)23(14-31)30-13-21(27(34)35)26(33)20-11-19(10-18-7-5-6-16(3)25(18)28)24(12-22(20)30)36-9-8-29-17(4)32/h5-7,11-13,15,23,31H,8-10,14H2,1-4H3,(H,29,32)(H,34,35)/t23-/m1/s1. The lowest BCUT2D eigenvalue weighted by Crippen LogP contribution is -2.26. The molecular weight excluding hydrogens is 467 g/mol. The minimum atomic E-state index is -1.38. The Labute approximate surface area is 208 Å². The molecule has 0 saturated carbocycles. The van der Waals surface area contributed by atoms with Gasteiger partial charge in [0.15, 0.2) is 0 Å². The van der Waals surface area contributed by atoms with Gasteiger partial charge in [-0.25, -0.2) is 9.18 Å². The molecule has 3 N–H and O–H groups in total. The number of aliphatic hydroxyl groups is 1. The van der Waals surface area contributed by atoms with Crippen LogP contribution in [0.1, 0.15) is 53.9 Å². The zero-order valence-electron chi connectivity index (χ0n) is 20.8. The van der Waals surface area contributed by atoms with Crippen LogP contribution >= 0.6 is 0 Å². The number of carboxylic acids is 1. The van der Waals surface area contributed by atoms with Crippen LogP contribution in [0.5, 0.6) is 5.75 Å². The van der Waals surface area contributed by atoms with E-state index in [2.05, 4.69) is 5.32 Å². The number of aliphatic hydroxyl groups excluding tert-OH is 1. The van der Waals surface area contributed by atoms with Gasteiger partial charge in [0.1, 0.15) is 23.7 Å². The third-order valence-electron chi connectivity index (χ3n) is 6.14. The number of hydrogen-bond acceptors (Lipinski definition) is 5. The first-order valence-corrected chi connectivity index (χ1v) is 11.7. The van der Waals surface area contributed by atoms with Gasteiger partial charge in [-0.15, -0.1) is 0 Å². The van der Waals surface area contributed by atoms with Crippen LogP contribution in [0.2, 0.25) is 0 Å². The monoisotopic (exact) mass is 498 g/mol. The highest BCUT2D eigenvalue weighted by Gasteiger charge is 2.23. The molecule has 0 aliphatic carbocycles. The maximum Gasteiger partial charge on any atom is 0.341 e. The number of aromatic carboxylic acids is 1. The number of nitrogens with one attached hydrogen (secondary N) is 1. The number of aryl methyl sites for hydroxylation is 1. The van der Waals surface area contributed by atoms with Crippen molar-refractivity contribution in [1.29, 1.82) is 0 Å². The number of carbonyl (C=O) groups is 2. The minimum Gasteiger partial charge on any atom is -0.491 e. The molecule has 8 nitrogen and oxygen atoms in total. The second-order valence-corrected chi connectivity index (χ2v) is 9.11. The van der Waals surface area contributed by atoms with E-state index < -0.39 is 23.0 Å². The van der Waals surface area contributed by atoms with Gasteiger partial charge in [0.05, 0.1) is 24.7 Å². The van der Waals surface area contributed by atoms with Crippen molar-refractivity contribution in [2.24, 2.45) is 5.92 Å². The number of carbonyl (C=O) groups excluding carboxylic acids is 1. The summed E-state index contributed by atoms with van der Waals surface area (Å²) in [6.07, 6.45) is 1.35. The number of nitrogens with zero attached hydrogens (tertiary/aromatic N) is 1. The van der Waals surface area contributed by atoms with Crippen molar-refractivity contribution in [3.8, 4) is 5.75 Å². The zero-order valence-corrected chi connectivity index (χ0v) is 20.8. The van der Waals surface area contributed by atoms with Gasteiger partial charge >= 0.3 is 5.97 Å². The number of hydrogen-bond donors (Lipinski definition) is 3. The number of ether oxygens (including phenoxy) is 1. The van der Waals surface area contributed by atoms with Crippen molar-refractivity contribution in [3.63, 3.8) is 0 Å². The maximum atomic E-state index is 14.8. The van der Waals surface area contributed by atoms with Crippen LogP contribution in [-0.2, 0) is 11.2 Å². The molecular formula is C27H31FN2O6. The van der Waals surface area contributed by atoms with Crippen LogP contribution in [0.15, 0.2) is 41.3 Å². The fraction of sp³-hybridized carbons (Fsp3) is 0.370. The van der Waals surface area contributed by atoms with Gasteiger partial charge in [-0.3, -0.25) is 9.59 Å². The number of aromatic nitrogens is 1. The van der Waals surface area contributed by atoms with Crippen LogP contribution in [0, 0.1) is 18.7 Å². The van der Waals surface area contributed by atoms with E-state index in [0.29, 0.717) is 28.0 Å². The quantitative estimate of drug-likeness (QED) is 0.369. The van der Waals surface area contributed by atoms with E-state index in [1.807, 2.05) is 13.8 Å². The molecule has 0 aliphatic rings. The van der Waals surface area contributed by atoms with Crippen LogP contribution in [0.4, 0.5) is 4.39 Å². The molecule has 1 aromatic heterocycles. The molecule has 0 bridgehead atoms. The summed E-state index contributed by atoms with van der Waals surface area (Å²) in [7, 11) is 0. The minimum absolute atomic E-state index is 0.0763. The van der Waals surface area contributed by atoms with Gasteiger partial charge < -0.3 is 24.8 Å². The van der Waals surface area contributed by atoms with Crippen molar-refractivity contribution in [1.82, 2.24) is 9.88 Å². The molecule has 0 saturated heterocycles. The Balaban J connectivity index is 2.26. The highest BCUT2D eigenvalue weighted by Crippen LogP contribution is 2.31. The van der Waals surface area contributed by atoms with E-state index in [9.17, 15) is 29.0 Å². The van der Waals surface area contributed by atoms with Crippen LogP contribution < -0.4 is 15.5 Å². The summed E-state index contributed by atoms with van der Waals surface area (Å²) in [6, 6.07) is 7.67. The summed E-state index contributed by atoms with van der Waals surface area (Å²) < 4.78 is 22.4. The second-order valence-electron chi connectivity index (χ2n) is 9.11. The lowest BCUT2D eigenvalue weighted by atomic mass is 9.98. The number of amides is 1. The molecule has 0 unspecified atom stereocenters. The third-order valence-corrected chi connectivity index (χ3v) is 6.14. The van der Waals surface area contributed by atoms with Gasteiger partial charge in [-0.1, -0.05) is 32.0 Å². The summed E-state index contributed by atoms with van der Waals surface area (Å²) in [5, 5.41) is 22.5. The molecule has 36 heavy (non-hydrogen) atoms. The van der Waals surface area contributed by atoms with E-state index in [-0.39, 0.29) is 49.2 Å². The van der Waals surface area contributed by atoms with E-state index in [1.54, 1.807) is 35.8 Å². The molecule has 0 spiro atoms.